The van der Waals surface area contributed by atoms with Gasteiger partial charge in [0.25, 0.3) is 12.0 Å². The lowest BCUT2D eigenvalue weighted by molar-refractivity contribution is 0.146. The third kappa shape index (κ3) is 3.85. The summed E-state index contributed by atoms with van der Waals surface area (Å²) in [6.45, 7) is 1.66. The second kappa shape index (κ2) is 8.54. The van der Waals surface area contributed by atoms with Gasteiger partial charge < -0.3 is 11.1 Å². The first-order valence-electron chi connectivity index (χ1n) is 10.7. The van der Waals surface area contributed by atoms with Crippen LogP contribution in [-0.2, 0) is 12.6 Å². The Labute approximate surface area is 183 Å². The largest absolute Gasteiger partial charge is 0.363 e. The van der Waals surface area contributed by atoms with E-state index in [0.717, 1.165) is 25.3 Å². The van der Waals surface area contributed by atoms with E-state index in [9.17, 15) is 18.0 Å². The van der Waals surface area contributed by atoms with Gasteiger partial charge in [0, 0.05) is 23.7 Å². The molecular weight excluding hydrogens is 419 g/mol. The van der Waals surface area contributed by atoms with Crippen molar-refractivity contribution in [3.63, 3.8) is 0 Å². The summed E-state index contributed by atoms with van der Waals surface area (Å²) in [4.78, 5) is 21.6. The van der Waals surface area contributed by atoms with Crippen LogP contribution < -0.4 is 16.6 Å². The van der Waals surface area contributed by atoms with Crippen LogP contribution in [0.25, 0.3) is 11.0 Å². The first kappa shape index (κ1) is 22.3. The smallest absolute Gasteiger partial charge is 0.266 e. The van der Waals surface area contributed by atoms with Crippen molar-refractivity contribution in [3.8, 4) is 0 Å². The van der Waals surface area contributed by atoms with Crippen molar-refractivity contribution in [2.75, 3.05) is 5.32 Å². The number of aryl methyl sites for hydroxylation is 1. The molecule has 1 atom stereocenters. The van der Waals surface area contributed by atoms with Gasteiger partial charge in [-0.1, -0.05) is 37.5 Å². The lowest BCUT2D eigenvalue weighted by Gasteiger charge is -2.33. The van der Waals surface area contributed by atoms with Crippen LogP contribution in [0, 0.1) is 5.82 Å². The highest BCUT2D eigenvalue weighted by Gasteiger charge is 2.33. The van der Waals surface area contributed by atoms with E-state index >= 15 is 0 Å². The van der Waals surface area contributed by atoms with Crippen molar-refractivity contribution >= 4 is 16.9 Å². The number of hydrogen-bond donors (Lipinski definition) is 2. The van der Waals surface area contributed by atoms with Crippen LogP contribution in [0.5, 0.6) is 0 Å². The molecule has 9 heteroatoms. The number of alkyl halides is 2. The lowest BCUT2D eigenvalue weighted by Crippen LogP contribution is -2.44. The zero-order chi connectivity index (χ0) is 23.0. The summed E-state index contributed by atoms with van der Waals surface area (Å²) in [5, 5.41) is 3.67. The van der Waals surface area contributed by atoms with Gasteiger partial charge in [0.2, 0.25) is 0 Å². The highest BCUT2D eigenvalue weighted by Crippen LogP contribution is 2.35. The first-order valence-corrected chi connectivity index (χ1v) is 10.7. The van der Waals surface area contributed by atoms with Crippen LogP contribution in [0.1, 0.15) is 68.2 Å². The van der Waals surface area contributed by atoms with Crippen molar-refractivity contribution in [3.05, 3.63) is 63.5 Å². The predicted octanol–water partition coefficient (Wildman–Crippen LogP) is 4.70. The number of pyridine rings is 1. The molecule has 1 saturated carbocycles. The Bertz CT molecular complexity index is 1200. The molecule has 0 bridgehead atoms. The number of benzene rings is 1. The fourth-order valence-corrected chi connectivity index (χ4v) is 4.55. The third-order valence-corrected chi connectivity index (χ3v) is 6.40. The summed E-state index contributed by atoms with van der Waals surface area (Å²) in [7, 11) is 1.63. The molecule has 6 nitrogen and oxygen atoms in total. The number of halogens is 3. The van der Waals surface area contributed by atoms with E-state index < -0.39 is 29.4 Å². The van der Waals surface area contributed by atoms with Crippen LogP contribution >= 0.6 is 0 Å². The molecule has 0 aliphatic heterocycles. The minimum atomic E-state index is -2.91. The quantitative estimate of drug-likeness (QED) is 0.595. The number of nitrogens with two attached hydrogens (primary N) is 1. The molecule has 2 aromatic heterocycles. The van der Waals surface area contributed by atoms with Gasteiger partial charge in [-0.2, -0.15) is 0 Å². The average molecular weight is 445 g/mol. The highest BCUT2D eigenvalue weighted by molar-refractivity contribution is 5.87. The van der Waals surface area contributed by atoms with Crippen molar-refractivity contribution < 1.29 is 13.2 Å². The molecule has 0 spiro atoms. The second-order valence-corrected chi connectivity index (χ2v) is 8.52. The van der Waals surface area contributed by atoms with Gasteiger partial charge in [-0.15, -0.1) is 0 Å². The highest BCUT2D eigenvalue weighted by atomic mass is 19.3. The van der Waals surface area contributed by atoms with Crippen LogP contribution in [0.3, 0.4) is 0 Å². The fourth-order valence-electron chi connectivity index (χ4n) is 4.55. The molecule has 2 heterocycles. The van der Waals surface area contributed by atoms with Gasteiger partial charge in [-0.25, -0.2) is 23.1 Å². The van der Waals surface area contributed by atoms with Crippen LogP contribution in [-0.4, -0.2) is 14.5 Å². The van der Waals surface area contributed by atoms with Crippen molar-refractivity contribution in [2.24, 2.45) is 12.8 Å². The zero-order valence-electron chi connectivity index (χ0n) is 18.0. The van der Waals surface area contributed by atoms with E-state index in [4.69, 9.17) is 5.73 Å². The van der Waals surface area contributed by atoms with Gasteiger partial charge in [0.15, 0.2) is 0 Å². The minimum absolute atomic E-state index is 0.0992. The fraction of sp³-hybridized carbons (Fsp3) is 0.435. The number of hydrogen-bond acceptors (Lipinski definition) is 5. The first-order chi connectivity index (χ1) is 15.2. The summed E-state index contributed by atoms with van der Waals surface area (Å²) in [6.07, 6.45) is 2.81. The molecule has 1 aliphatic carbocycles. The van der Waals surface area contributed by atoms with Gasteiger partial charge >= 0.3 is 0 Å². The van der Waals surface area contributed by atoms with E-state index in [1.807, 2.05) is 0 Å². The molecule has 3 N–H and O–H groups in total. The minimum Gasteiger partial charge on any atom is -0.363 e. The topological polar surface area (TPSA) is 85.8 Å². The number of anilines is 1. The zero-order valence-corrected chi connectivity index (χ0v) is 18.0. The van der Waals surface area contributed by atoms with Crippen LogP contribution in [0.15, 0.2) is 35.4 Å². The number of fused-ring (bicyclic) bond motifs is 1. The Hall–Kier alpha value is -2.94. The summed E-state index contributed by atoms with van der Waals surface area (Å²) in [5.41, 5.74) is 6.10. The Morgan fingerprint density at radius 3 is 2.53 bits per heavy atom. The predicted molar refractivity (Wildman–Crippen MR) is 117 cm³/mol. The molecule has 4 rings (SSSR count). The van der Waals surface area contributed by atoms with E-state index in [0.29, 0.717) is 35.3 Å². The standard InChI is InChI=1S/C23H26F3N5O/c1-13(14-7-6-8-15(18(14)24)19(25)26)30-20-16-11-17(23(27)9-4-3-5-10-23)22(32)31(2)21(16)29-12-28-20/h6-8,11-13,19H,3-5,9-10,27H2,1-2H3,(H,28,29,30)/t13-/m1/s1. The van der Waals surface area contributed by atoms with Gasteiger partial charge in [0.1, 0.15) is 23.6 Å². The van der Waals surface area contributed by atoms with Crippen LogP contribution in [0.2, 0.25) is 0 Å². The van der Waals surface area contributed by atoms with Gasteiger partial charge in [-0.05, 0) is 25.8 Å². The molecule has 0 amide bonds. The summed E-state index contributed by atoms with van der Waals surface area (Å²) in [5.74, 6) is -0.572. The van der Waals surface area contributed by atoms with Gasteiger partial charge in [-0.3, -0.25) is 9.36 Å². The monoisotopic (exact) mass is 445 g/mol. The van der Waals surface area contributed by atoms with Crippen LogP contribution in [0.4, 0.5) is 19.0 Å². The summed E-state index contributed by atoms with van der Waals surface area (Å²) < 4.78 is 42.3. The van der Waals surface area contributed by atoms with E-state index in [2.05, 4.69) is 15.3 Å². The Kier molecular flexibility index (Phi) is 5.94. The van der Waals surface area contributed by atoms with E-state index in [1.165, 1.54) is 23.0 Å². The Morgan fingerprint density at radius 2 is 1.84 bits per heavy atom. The molecule has 0 radical (unpaired) electrons. The van der Waals surface area contributed by atoms with Crippen molar-refractivity contribution in [1.29, 1.82) is 0 Å². The molecule has 170 valence electrons. The molecule has 0 saturated heterocycles. The number of nitrogens with one attached hydrogen (secondary N) is 1. The molecule has 1 aromatic carbocycles. The van der Waals surface area contributed by atoms with Gasteiger partial charge in [0.05, 0.1) is 17.0 Å². The van der Waals surface area contributed by atoms with E-state index in [-0.39, 0.29) is 11.1 Å². The number of aromatic nitrogens is 3. The lowest BCUT2D eigenvalue weighted by atomic mass is 9.77. The van der Waals surface area contributed by atoms with Crippen molar-refractivity contribution in [2.45, 2.75) is 57.0 Å². The maximum Gasteiger partial charge on any atom is 0.266 e. The molecule has 32 heavy (non-hydrogen) atoms. The number of rotatable bonds is 5. The summed E-state index contributed by atoms with van der Waals surface area (Å²) >= 11 is 0. The molecular formula is C23H26F3N5O. The average Bonchev–Trinajstić information content (AvgIpc) is 2.76. The number of nitrogens with zero attached hydrogens (tertiary/aromatic N) is 3. The second-order valence-electron chi connectivity index (χ2n) is 8.52. The maximum absolute atomic E-state index is 14.7. The Morgan fingerprint density at radius 1 is 1.16 bits per heavy atom. The van der Waals surface area contributed by atoms with Crippen molar-refractivity contribution in [1.82, 2.24) is 14.5 Å². The molecule has 3 aromatic rings. The molecule has 1 fully saturated rings. The Balaban J connectivity index is 1.79. The van der Waals surface area contributed by atoms with E-state index in [1.54, 1.807) is 20.0 Å². The normalized spacial score (nSPS) is 17.0. The maximum atomic E-state index is 14.7. The SMILES string of the molecule is C[C@@H](Nc1ncnc2c1cc(C1(N)CCCCC1)c(=O)n2C)c1cccc(C(F)F)c1F. The summed E-state index contributed by atoms with van der Waals surface area (Å²) in [6, 6.07) is 5.00. The molecule has 1 aliphatic rings. The third-order valence-electron chi connectivity index (χ3n) is 6.40. The molecule has 0 unspecified atom stereocenters.